The number of hydrogen-bond donors (Lipinski definition) is 0. The first-order chi connectivity index (χ1) is 10.6. The molecule has 1 unspecified atom stereocenters. The molecule has 0 spiro atoms. The largest absolute Gasteiger partial charge is 0.467 e. The highest BCUT2D eigenvalue weighted by Gasteiger charge is 2.41. The van der Waals surface area contributed by atoms with E-state index in [1.807, 2.05) is 0 Å². The van der Waals surface area contributed by atoms with Crippen LogP contribution in [0.15, 0.2) is 22.8 Å². The Hall–Kier alpha value is -2.31. The van der Waals surface area contributed by atoms with E-state index in [0.29, 0.717) is 6.54 Å². The van der Waals surface area contributed by atoms with E-state index >= 15 is 0 Å². The Morgan fingerprint density at radius 1 is 1.27 bits per heavy atom. The van der Waals surface area contributed by atoms with Gasteiger partial charge in [0.05, 0.1) is 19.9 Å². The first kappa shape index (κ1) is 14.6. The maximum Gasteiger partial charge on any atom is 0.330 e. The van der Waals surface area contributed by atoms with Crippen molar-refractivity contribution in [3.63, 3.8) is 0 Å². The van der Waals surface area contributed by atoms with Crippen LogP contribution in [0.25, 0.3) is 0 Å². The lowest BCUT2D eigenvalue weighted by Crippen LogP contribution is -2.59. The van der Waals surface area contributed by atoms with E-state index in [0.717, 1.165) is 12.8 Å². The molecule has 22 heavy (non-hydrogen) atoms. The average molecular weight is 306 g/mol. The van der Waals surface area contributed by atoms with Crippen LogP contribution in [-0.2, 0) is 14.3 Å². The maximum atomic E-state index is 12.4. The Morgan fingerprint density at radius 2 is 2.05 bits per heavy atom. The van der Waals surface area contributed by atoms with Crippen molar-refractivity contribution >= 4 is 17.8 Å². The van der Waals surface area contributed by atoms with E-state index in [9.17, 15) is 14.4 Å². The molecule has 118 valence electrons. The van der Waals surface area contributed by atoms with Crippen LogP contribution in [0.1, 0.15) is 23.4 Å². The first-order valence-corrected chi connectivity index (χ1v) is 7.33. The predicted molar refractivity (Wildman–Crippen MR) is 74.9 cm³/mol. The summed E-state index contributed by atoms with van der Waals surface area (Å²) in [4.78, 5) is 39.7. The quantitative estimate of drug-likeness (QED) is 0.760. The van der Waals surface area contributed by atoms with Gasteiger partial charge in [-0.1, -0.05) is 0 Å². The second-order valence-corrected chi connectivity index (χ2v) is 5.57. The third kappa shape index (κ3) is 2.70. The minimum atomic E-state index is -0.793. The number of esters is 1. The normalized spacial score (nSPS) is 21.6. The lowest BCUT2D eigenvalue weighted by Gasteiger charge is -2.39. The van der Waals surface area contributed by atoms with Crippen molar-refractivity contribution in [2.75, 3.05) is 26.7 Å². The van der Waals surface area contributed by atoms with E-state index in [4.69, 9.17) is 9.15 Å². The second kappa shape index (κ2) is 5.82. The predicted octanol–water partition coefficient (Wildman–Crippen LogP) is 0.516. The summed E-state index contributed by atoms with van der Waals surface area (Å²) in [6.07, 6.45) is 3.23. The summed E-state index contributed by atoms with van der Waals surface area (Å²) in [5, 5.41) is 0. The van der Waals surface area contributed by atoms with Gasteiger partial charge in [0.2, 0.25) is 5.91 Å². The second-order valence-electron chi connectivity index (χ2n) is 5.57. The standard InChI is InChI=1S/C15H18N2O5/c1-21-15(20)11-9-16(13(18)10-4-5-10)6-7-17(11)14(19)12-3-2-8-22-12/h2-3,8,10-11H,4-7,9H2,1H3. The van der Waals surface area contributed by atoms with Crippen LogP contribution >= 0.6 is 0 Å². The highest BCUT2D eigenvalue weighted by Crippen LogP contribution is 2.32. The molecular formula is C15H18N2O5. The fraction of sp³-hybridized carbons (Fsp3) is 0.533. The van der Waals surface area contributed by atoms with Gasteiger partial charge in [-0.05, 0) is 25.0 Å². The van der Waals surface area contributed by atoms with E-state index in [1.54, 1.807) is 17.0 Å². The van der Waals surface area contributed by atoms with Gasteiger partial charge >= 0.3 is 5.97 Å². The minimum absolute atomic E-state index is 0.0685. The third-order valence-electron chi connectivity index (χ3n) is 4.08. The van der Waals surface area contributed by atoms with Crippen LogP contribution in [0.3, 0.4) is 0 Å². The minimum Gasteiger partial charge on any atom is -0.467 e. The summed E-state index contributed by atoms with van der Waals surface area (Å²) in [7, 11) is 1.28. The molecule has 0 radical (unpaired) electrons. The molecular weight excluding hydrogens is 288 g/mol. The molecule has 1 saturated carbocycles. The molecule has 2 fully saturated rings. The van der Waals surface area contributed by atoms with Gasteiger partial charge in [-0.3, -0.25) is 9.59 Å². The molecule has 0 aromatic carbocycles. The van der Waals surface area contributed by atoms with E-state index < -0.39 is 12.0 Å². The van der Waals surface area contributed by atoms with Gasteiger partial charge in [-0.2, -0.15) is 0 Å². The molecule has 7 heteroatoms. The topological polar surface area (TPSA) is 80.1 Å². The van der Waals surface area contributed by atoms with Crippen molar-refractivity contribution in [2.45, 2.75) is 18.9 Å². The number of piperazine rings is 1. The van der Waals surface area contributed by atoms with Crippen molar-refractivity contribution in [2.24, 2.45) is 5.92 Å². The zero-order valence-corrected chi connectivity index (χ0v) is 12.4. The number of furan rings is 1. The molecule has 2 amide bonds. The number of carbonyl (C=O) groups excluding carboxylic acids is 3. The first-order valence-electron chi connectivity index (χ1n) is 7.33. The monoisotopic (exact) mass is 306 g/mol. The molecule has 3 rings (SSSR count). The van der Waals surface area contributed by atoms with E-state index in [1.165, 1.54) is 18.3 Å². The molecule has 1 aromatic rings. The van der Waals surface area contributed by atoms with Gasteiger partial charge < -0.3 is 19.0 Å². The van der Waals surface area contributed by atoms with Crippen molar-refractivity contribution in [1.82, 2.24) is 9.80 Å². The van der Waals surface area contributed by atoms with Crippen molar-refractivity contribution in [1.29, 1.82) is 0 Å². The van der Waals surface area contributed by atoms with Crippen LogP contribution in [0, 0.1) is 5.92 Å². The fourth-order valence-electron chi connectivity index (χ4n) is 2.69. The number of amides is 2. The van der Waals surface area contributed by atoms with Crippen LogP contribution < -0.4 is 0 Å². The molecule has 1 atom stereocenters. The van der Waals surface area contributed by atoms with Crippen molar-refractivity contribution in [3.8, 4) is 0 Å². The Balaban J connectivity index is 1.76. The number of hydrogen-bond acceptors (Lipinski definition) is 5. The summed E-state index contributed by atoms with van der Waals surface area (Å²) >= 11 is 0. The SMILES string of the molecule is COC(=O)C1CN(C(=O)C2CC2)CCN1C(=O)c1ccco1. The van der Waals surface area contributed by atoms with Crippen LogP contribution in [0.2, 0.25) is 0 Å². The van der Waals surface area contributed by atoms with Gasteiger partial charge in [0, 0.05) is 19.0 Å². The van der Waals surface area contributed by atoms with Gasteiger partial charge in [0.1, 0.15) is 6.04 Å². The Kier molecular flexibility index (Phi) is 3.87. The fourth-order valence-corrected chi connectivity index (χ4v) is 2.69. The summed E-state index contributed by atoms with van der Waals surface area (Å²) in [6.45, 7) is 0.890. The Bertz CT molecular complexity index is 579. The Morgan fingerprint density at radius 3 is 2.64 bits per heavy atom. The van der Waals surface area contributed by atoms with Crippen LogP contribution in [0.5, 0.6) is 0 Å². The molecule has 2 aliphatic rings. The molecule has 1 aliphatic heterocycles. The van der Waals surface area contributed by atoms with Gasteiger partial charge in [-0.25, -0.2) is 4.79 Å². The van der Waals surface area contributed by atoms with E-state index in [-0.39, 0.29) is 36.6 Å². The smallest absolute Gasteiger partial charge is 0.330 e. The highest BCUT2D eigenvalue weighted by atomic mass is 16.5. The maximum absolute atomic E-state index is 12.4. The van der Waals surface area contributed by atoms with Crippen molar-refractivity contribution < 1.29 is 23.5 Å². The lowest BCUT2D eigenvalue weighted by atomic mass is 10.1. The van der Waals surface area contributed by atoms with Crippen LogP contribution in [0.4, 0.5) is 0 Å². The zero-order valence-electron chi connectivity index (χ0n) is 12.4. The summed E-state index contributed by atoms with van der Waals surface area (Å²) < 4.78 is 9.90. The summed E-state index contributed by atoms with van der Waals surface area (Å²) in [5.74, 6) is -0.549. The van der Waals surface area contributed by atoms with Crippen molar-refractivity contribution in [3.05, 3.63) is 24.2 Å². The molecule has 0 bridgehead atoms. The van der Waals surface area contributed by atoms with Gasteiger partial charge in [0.15, 0.2) is 5.76 Å². The lowest BCUT2D eigenvalue weighted by molar-refractivity contribution is -0.150. The van der Waals surface area contributed by atoms with Gasteiger partial charge in [0.25, 0.3) is 5.91 Å². The molecule has 2 heterocycles. The highest BCUT2D eigenvalue weighted by molar-refractivity contribution is 5.95. The molecule has 0 N–H and O–H groups in total. The summed E-state index contributed by atoms with van der Waals surface area (Å²) in [5.41, 5.74) is 0. The molecule has 1 aliphatic carbocycles. The summed E-state index contributed by atoms with van der Waals surface area (Å²) in [6, 6.07) is 2.38. The average Bonchev–Trinajstić information content (AvgIpc) is 3.26. The number of nitrogens with zero attached hydrogens (tertiary/aromatic N) is 2. The molecule has 1 saturated heterocycles. The Labute approximate surface area is 127 Å². The van der Waals surface area contributed by atoms with Crippen LogP contribution in [-0.4, -0.2) is 60.4 Å². The van der Waals surface area contributed by atoms with E-state index in [2.05, 4.69) is 0 Å². The van der Waals surface area contributed by atoms with Gasteiger partial charge in [-0.15, -0.1) is 0 Å². The zero-order chi connectivity index (χ0) is 15.7. The number of ether oxygens (including phenoxy) is 1. The number of methoxy groups -OCH3 is 1. The number of rotatable bonds is 3. The molecule has 1 aromatic heterocycles. The molecule has 7 nitrogen and oxygen atoms in total. The number of carbonyl (C=O) groups is 3. The third-order valence-corrected chi connectivity index (χ3v) is 4.08.